The molecule has 0 aliphatic carbocycles. The van der Waals surface area contributed by atoms with Gasteiger partial charge in [-0.3, -0.25) is 9.10 Å². The molecule has 0 aliphatic heterocycles. The quantitative estimate of drug-likeness (QED) is 0.772. The van der Waals surface area contributed by atoms with Crippen molar-refractivity contribution in [3.05, 3.63) is 65.2 Å². The summed E-state index contributed by atoms with van der Waals surface area (Å²) in [6.07, 6.45) is 1.93. The smallest absolute Gasteiger partial charge is 0.232 e. The van der Waals surface area contributed by atoms with Crippen LogP contribution in [0.2, 0.25) is 0 Å². The van der Waals surface area contributed by atoms with E-state index in [9.17, 15) is 13.2 Å². The van der Waals surface area contributed by atoms with Gasteiger partial charge in [-0.05, 0) is 49.1 Å². The Hall–Kier alpha value is -2.34. The number of rotatable bonds is 8. The van der Waals surface area contributed by atoms with Crippen molar-refractivity contribution in [2.45, 2.75) is 33.2 Å². The van der Waals surface area contributed by atoms with Crippen LogP contribution in [-0.4, -0.2) is 27.1 Å². The summed E-state index contributed by atoms with van der Waals surface area (Å²) >= 11 is 0. The molecule has 1 amide bonds. The van der Waals surface area contributed by atoms with Crippen molar-refractivity contribution in [1.29, 1.82) is 0 Å². The number of sulfonamides is 1. The fraction of sp³-hybridized carbons (Fsp3) is 0.350. The van der Waals surface area contributed by atoms with Gasteiger partial charge in [0.05, 0.1) is 11.9 Å². The molecule has 1 N–H and O–H groups in total. The minimum Gasteiger partial charge on any atom is -0.352 e. The number of anilines is 1. The van der Waals surface area contributed by atoms with Crippen molar-refractivity contribution in [2.24, 2.45) is 0 Å². The molecule has 0 aromatic heterocycles. The number of nitrogens with one attached hydrogen (secondary N) is 1. The van der Waals surface area contributed by atoms with Gasteiger partial charge in [-0.25, -0.2) is 8.42 Å². The zero-order chi connectivity index (χ0) is 19.2. The van der Waals surface area contributed by atoms with Crippen molar-refractivity contribution < 1.29 is 13.2 Å². The number of amides is 1. The van der Waals surface area contributed by atoms with Gasteiger partial charge in [-0.1, -0.05) is 36.4 Å². The molecule has 2 rings (SSSR count). The van der Waals surface area contributed by atoms with Crippen LogP contribution in [-0.2, 0) is 21.4 Å². The van der Waals surface area contributed by atoms with Crippen molar-refractivity contribution >= 4 is 21.6 Å². The summed E-state index contributed by atoms with van der Waals surface area (Å²) in [7, 11) is -3.40. The van der Waals surface area contributed by atoms with E-state index in [-0.39, 0.29) is 18.9 Å². The molecule has 0 radical (unpaired) electrons. The van der Waals surface area contributed by atoms with E-state index in [4.69, 9.17) is 0 Å². The van der Waals surface area contributed by atoms with Crippen molar-refractivity contribution in [2.75, 3.05) is 17.1 Å². The predicted octanol–water partition coefficient (Wildman–Crippen LogP) is 3.17. The van der Waals surface area contributed by atoms with Gasteiger partial charge in [0.25, 0.3) is 0 Å². The summed E-state index contributed by atoms with van der Waals surface area (Å²) in [5, 5.41) is 2.86. The average Bonchev–Trinajstić information content (AvgIpc) is 2.59. The Morgan fingerprint density at radius 2 is 1.73 bits per heavy atom. The van der Waals surface area contributed by atoms with Gasteiger partial charge in [0, 0.05) is 19.5 Å². The molecule has 0 aliphatic rings. The number of hydrogen-bond donors (Lipinski definition) is 1. The van der Waals surface area contributed by atoms with Gasteiger partial charge < -0.3 is 5.32 Å². The Morgan fingerprint density at radius 3 is 2.35 bits per heavy atom. The van der Waals surface area contributed by atoms with Crippen molar-refractivity contribution in [3.63, 3.8) is 0 Å². The molecule has 26 heavy (non-hydrogen) atoms. The molecule has 5 nitrogen and oxygen atoms in total. The van der Waals surface area contributed by atoms with Crippen LogP contribution in [0.1, 0.15) is 29.5 Å². The van der Waals surface area contributed by atoms with E-state index in [1.54, 1.807) is 6.07 Å². The zero-order valence-corrected chi connectivity index (χ0v) is 16.3. The van der Waals surface area contributed by atoms with E-state index in [1.165, 1.54) is 10.6 Å². The maximum Gasteiger partial charge on any atom is 0.232 e. The maximum absolute atomic E-state index is 12.1. The normalized spacial score (nSPS) is 11.2. The van der Waals surface area contributed by atoms with Crippen LogP contribution in [0.25, 0.3) is 0 Å². The lowest BCUT2D eigenvalue weighted by Gasteiger charge is -2.23. The third-order valence-electron chi connectivity index (χ3n) is 4.28. The molecule has 0 saturated heterocycles. The van der Waals surface area contributed by atoms with Crippen LogP contribution in [0.3, 0.4) is 0 Å². The van der Waals surface area contributed by atoms with Crippen LogP contribution < -0.4 is 9.62 Å². The molecule has 0 spiro atoms. The first kappa shape index (κ1) is 20.0. The molecule has 0 bridgehead atoms. The standard InChI is InChI=1S/C20H26N2O3S/c1-16-11-12-19(14-17(16)2)22(26(3,24)25)13-7-10-20(23)21-15-18-8-5-4-6-9-18/h4-6,8-9,11-12,14H,7,10,13,15H2,1-3H3,(H,21,23). The first-order valence-electron chi connectivity index (χ1n) is 8.63. The Morgan fingerprint density at radius 1 is 1.04 bits per heavy atom. The Bertz CT molecular complexity index is 849. The van der Waals surface area contributed by atoms with Gasteiger partial charge in [0.15, 0.2) is 0 Å². The Labute approximate surface area is 156 Å². The van der Waals surface area contributed by atoms with E-state index in [0.717, 1.165) is 16.7 Å². The second-order valence-corrected chi connectivity index (χ2v) is 8.38. The summed E-state index contributed by atoms with van der Waals surface area (Å²) in [6, 6.07) is 15.3. The van der Waals surface area contributed by atoms with Crippen LogP contribution in [0.4, 0.5) is 5.69 Å². The summed E-state index contributed by atoms with van der Waals surface area (Å²) in [4.78, 5) is 12.0. The topological polar surface area (TPSA) is 66.5 Å². The highest BCUT2D eigenvalue weighted by Gasteiger charge is 2.18. The molecular weight excluding hydrogens is 348 g/mol. The molecule has 0 atom stereocenters. The van der Waals surface area contributed by atoms with E-state index < -0.39 is 10.0 Å². The number of hydrogen-bond acceptors (Lipinski definition) is 3. The molecule has 0 heterocycles. The Kier molecular flexibility index (Phi) is 6.80. The SMILES string of the molecule is Cc1ccc(N(CCCC(=O)NCc2ccccc2)S(C)(=O)=O)cc1C. The number of carbonyl (C=O) groups is 1. The summed E-state index contributed by atoms with van der Waals surface area (Å²) in [5.74, 6) is -0.0811. The monoisotopic (exact) mass is 374 g/mol. The van der Waals surface area contributed by atoms with E-state index in [2.05, 4.69) is 5.32 Å². The van der Waals surface area contributed by atoms with E-state index >= 15 is 0 Å². The second kappa shape index (κ2) is 8.85. The maximum atomic E-state index is 12.1. The van der Waals surface area contributed by atoms with E-state index in [0.29, 0.717) is 18.7 Å². The van der Waals surface area contributed by atoms with Gasteiger partial charge >= 0.3 is 0 Å². The number of carbonyl (C=O) groups excluding carboxylic acids is 1. The summed E-state index contributed by atoms with van der Waals surface area (Å²) < 4.78 is 25.6. The van der Waals surface area contributed by atoms with Gasteiger partial charge in [0.1, 0.15) is 0 Å². The fourth-order valence-corrected chi connectivity index (χ4v) is 3.59. The third-order valence-corrected chi connectivity index (χ3v) is 5.47. The summed E-state index contributed by atoms with van der Waals surface area (Å²) in [5.41, 5.74) is 3.83. The lowest BCUT2D eigenvalue weighted by molar-refractivity contribution is -0.121. The lowest BCUT2D eigenvalue weighted by Crippen LogP contribution is -2.32. The second-order valence-electron chi connectivity index (χ2n) is 6.47. The molecule has 2 aromatic rings. The van der Waals surface area contributed by atoms with Gasteiger partial charge in [-0.15, -0.1) is 0 Å². The van der Waals surface area contributed by atoms with Crippen molar-refractivity contribution in [3.8, 4) is 0 Å². The predicted molar refractivity (Wildman–Crippen MR) is 106 cm³/mol. The van der Waals surface area contributed by atoms with Crippen molar-refractivity contribution in [1.82, 2.24) is 5.32 Å². The van der Waals surface area contributed by atoms with Crippen LogP contribution in [0.15, 0.2) is 48.5 Å². The highest BCUT2D eigenvalue weighted by Crippen LogP contribution is 2.21. The minimum absolute atomic E-state index is 0.0811. The molecule has 0 fully saturated rings. The molecule has 0 saturated carbocycles. The van der Waals surface area contributed by atoms with Gasteiger partial charge in [0.2, 0.25) is 15.9 Å². The number of aryl methyl sites for hydroxylation is 2. The van der Waals surface area contributed by atoms with Crippen LogP contribution in [0.5, 0.6) is 0 Å². The molecule has 0 unspecified atom stereocenters. The first-order chi connectivity index (χ1) is 12.3. The number of nitrogens with zero attached hydrogens (tertiary/aromatic N) is 1. The molecular formula is C20H26N2O3S. The van der Waals surface area contributed by atoms with Gasteiger partial charge in [-0.2, -0.15) is 0 Å². The molecule has 140 valence electrons. The average molecular weight is 375 g/mol. The zero-order valence-electron chi connectivity index (χ0n) is 15.5. The first-order valence-corrected chi connectivity index (χ1v) is 10.5. The van der Waals surface area contributed by atoms with E-state index in [1.807, 2.05) is 56.3 Å². The number of benzene rings is 2. The minimum atomic E-state index is -3.40. The largest absolute Gasteiger partial charge is 0.352 e. The Balaban J connectivity index is 1.91. The fourth-order valence-electron chi connectivity index (χ4n) is 2.64. The highest BCUT2D eigenvalue weighted by atomic mass is 32.2. The molecule has 2 aromatic carbocycles. The lowest BCUT2D eigenvalue weighted by atomic mass is 10.1. The summed E-state index contributed by atoms with van der Waals surface area (Å²) in [6.45, 7) is 4.70. The van der Waals surface area contributed by atoms with Crippen LogP contribution >= 0.6 is 0 Å². The highest BCUT2D eigenvalue weighted by molar-refractivity contribution is 7.92. The third kappa shape index (κ3) is 5.88. The van der Waals surface area contributed by atoms with Crippen LogP contribution in [0, 0.1) is 13.8 Å². The molecule has 6 heteroatoms.